The number of hydrogen-bond acceptors (Lipinski definition) is 2. The van der Waals surface area contributed by atoms with Gasteiger partial charge in [0.2, 0.25) is 4.84 Å². The van der Waals surface area contributed by atoms with Crippen molar-refractivity contribution in [2.24, 2.45) is 46.3 Å². The van der Waals surface area contributed by atoms with Crippen LogP contribution in [0.15, 0.2) is 11.6 Å². The Kier molecular flexibility index (Phi) is 7.87. The van der Waals surface area contributed by atoms with Crippen molar-refractivity contribution in [3.63, 3.8) is 0 Å². The van der Waals surface area contributed by atoms with Gasteiger partial charge < -0.3 is 4.74 Å². The SMILES string of the molecule is CC(C)CCC[C@@H](C)[C@H]1CC[C@H]2[C@@H]3CC=C4C[C@@H](OC(=O)C(Cl)Cl)CC[C@]4(C)[C@H]3CC[C@]12C. The van der Waals surface area contributed by atoms with Crippen LogP contribution in [0.1, 0.15) is 105 Å². The fourth-order valence-corrected chi connectivity index (χ4v) is 9.07. The standard InChI is InChI=1S/C29H46Cl2O2/c1-18(2)7-6-8-19(3)23-11-12-24-22-10-9-20-17-21(33-27(32)26(30)31)13-15-28(20,4)25(22)14-16-29(23,24)5/h9,18-19,21-26H,6-8,10-17H2,1-5H3/t19-,21+,22+,23-,24+,25+,28+,29-/m1/s1. The van der Waals surface area contributed by atoms with Crippen LogP contribution in [0, 0.1) is 46.3 Å². The van der Waals surface area contributed by atoms with Gasteiger partial charge in [-0.25, -0.2) is 4.79 Å². The van der Waals surface area contributed by atoms with E-state index in [2.05, 4.69) is 40.7 Å². The van der Waals surface area contributed by atoms with Crippen molar-refractivity contribution in [3.8, 4) is 0 Å². The van der Waals surface area contributed by atoms with Crippen LogP contribution in [-0.4, -0.2) is 16.9 Å². The van der Waals surface area contributed by atoms with E-state index in [0.29, 0.717) is 5.41 Å². The quantitative estimate of drug-likeness (QED) is 0.200. The maximum absolute atomic E-state index is 11.9. The molecule has 0 aromatic rings. The van der Waals surface area contributed by atoms with E-state index < -0.39 is 10.8 Å². The Hall–Kier alpha value is -0.210. The van der Waals surface area contributed by atoms with Crippen LogP contribution in [-0.2, 0) is 9.53 Å². The molecule has 4 heteroatoms. The highest BCUT2D eigenvalue weighted by molar-refractivity contribution is 6.52. The van der Waals surface area contributed by atoms with Gasteiger partial charge in [-0.1, -0.05) is 88.7 Å². The highest BCUT2D eigenvalue weighted by atomic mass is 35.5. The number of ether oxygens (including phenoxy) is 1. The Morgan fingerprint density at radius 3 is 2.52 bits per heavy atom. The summed E-state index contributed by atoms with van der Waals surface area (Å²) >= 11 is 11.4. The lowest BCUT2D eigenvalue weighted by molar-refractivity contribution is -0.149. The molecular weight excluding hydrogens is 451 g/mol. The molecule has 2 nitrogen and oxygen atoms in total. The summed E-state index contributed by atoms with van der Waals surface area (Å²) in [6, 6.07) is 0. The number of halogens is 2. The molecule has 0 saturated heterocycles. The van der Waals surface area contributed by atoms with Crippen molar-refractivity contribution < 1.29 is 9.53 Å². The zero-order valence-corrected chi connectivity index (χ0v) is 23.1. The predicted octanol–water partition coefficient (Wildman–Crippen LogP) is 8.74. The summed E-state index contributed by atoms with van der Waals surface area (Å²) in [6.45, 7) is 12.4. The molecule has 0 amide bonds. The minimum Gasteiger partial charge on any atom is -0.460 e. The third kappa shape index (κ3) is 4.91. The molecule has 0 N–H and O–H groups in total. The number of esters is 1. The number of rotatable bonds is 7. The minimum absolute atomic E-state index is 0.0650. The first-order valence-corrected chi connectivity index (χ1v) is 14.6. The predicted molar refractivity (Wildman–Crippen MR) is 138 cm³/mol. The first-order valence-electron chi connectivity index (χ1n) is 13.7. The fraction of sp³-hybridized carbons (Fsp3) is 0.897. The van der Waals surface area contributed by atoms with Crippen LogP contribution in [0.25, 0.3) is 0 Å². The average molecular weight is 498 g/mol. The molecule has 3 saturated carbocycles. The van der Waals surface area contributed by atoms with Crippen LogP contribution in [0.3, 0.4) is 0 Å². The van der Waals surface area contributed by atoms with Gasteiger partial charge in [0.05, 0.1) is 0 Å². The van der Waals surface area contributed by atoms with Gasteiger partial charge in [-0.15, -0.1) is 0 Å². The van der Waals surface area contributed by atoms with E-state index in [-0.39, 0.29) is 11.5 Å². The number of alkyl halides is 2. The summed E-state index contributed by atoms with van der Waals surface area (Å²) in [5.41, 5.74) is 2.34. The molecule has 33 heavy (non-hydrogen) atoms. The van der Waals surface area contributed by atoms with E-state index in [4.69, 9.17) is 27.9 Å². The molecule has 4 aliphatic rings. The monoisotopic (exact) mass is 496 g/mol. The molecule has 0 aromatic heterocycles. The molecule has 4 rings (SSSR count). The van der Waals surface area contributed by atoms with Crippen LogP contribution in [0.2, 0.25) is 0 Å². The molecular formula is C29H46Cl2O2. The molecule has 188 valence electrons. The Labute approximate surface area is 212 Å². The van der Waals surface area contributed by atoms with Crippen LogP contribution < -0.4 is 0 Å². The first kappa shape index (κ1) is 25.9. The van der Waals surface area contributed by atoms with Gasteiger partial charge in [-0.3, -0.25) is 0 Å². The van der Waals surface area contributed by atoms with E-state index in [1.54, 1.807) is 0 Å². The van der Waals surface area contributed by atoms with Gasteiger partial charge in [0.1, 0.15) is 6.10 Å². The highest BCUT2D eigenvalue weighted by Crippen LogP contribution is 2.67. The molecule has 0 radical (unpaired) electrons. The van der Waals surface area contributed by atoms with Crippen LogP contribution >= 0.6 is 23.2 Å². The van der Waals surface area contributed by atoms with Gasteiger partial charge in [0.25, 0.3) is 0 Å². The van der Waals surface area contributed by atoms with Crippen molar-refractivity contribution in [2.75, 3.05) is 0 Å². The molecule has 8 atom stereocenters. The maximum Gasteiger partial charge on any atom is 0.339 e. The molecule has 0 aromatic carbocycles. The molecule has 3 fully saturated rings. The molecule has 0 bridgehead atoms. The van der Waals surface area contributed by atoms with Crippen molar-refractivity contribution in [1.29, 1.82) is 0 Å². The second kappa shape index (κ2) is 10.0. The zero-order valence-electron chi connectivity index (χ0n) is 21.5. The van der Waals surface area contributed by atoms with Crippen LogP contribution in [0.4, 0.5) is 0 Å². The Balaban J connectivity index is 1.45. The molecule has 0 heterocycles. The first-order chi connectivity index (χ1) is 15.6. The van der Waals surface area contributed by atoms with Crippen molar-refractivity contribution in [3.05, 3.63) is 11.6 Å². The lowest BCUT2D eigenvalue weighted by Gasteiger charge is -2.58. The number of fused-ring (bicyclic) bond motifs is 5. The third-order valence-electron chi connectivity index (χ3n) is 10.7. The molecule has 4 aliphatic carbocycles. The van der Waals surface area contributed by atoms with Gasteiger partial charge in [0.15, 0.2) is 0 Å². The summed E-state index contributed by atoms with van der Waals surface area (Å²) in [5.74, 6) is 4.60. The fourth-order valence-electron chi connectivity index (χ4n) is 8.97. The minimum atomic E-state index is -1.08. The summed E-state index contributed by atoms with van der Waals surface area (Å²) in [5, 5.41) is 0. The van der Waals surface area contributed by atoms with Gasteiger partial charge in [0, 0.05) is 6.42 Å². The highest BCUT2D eigenvalue weighted by Gasteiger charge is 2.59. The second-order valence-corrected chi connectivity index (χ2v) is 14.0. The van der Waals surface area contributed by atoms with Crippen molar-refractivity contribution in [2.45, 2.75) is 116 Å². The summed E-state index contributed by atoms with van der Waals surface area (Å²) < 4.78 is 5.61. The summed E-state index contributed by atoms with van der Waals surface area (Å²) in [4.78, 5) is 10.8. The van der Waals surface area contributed by atoms with E-state index >= 15 is 0 Å². The van der Waals surface area contributed by atoms with Gasteiger partial charge in [-0.2, -0.15) is 0 Å². The second-order valence-electron chi connectivity index (χ2n) is 12.9. The smallest absolute Gasteiger partial charge is 0.339 e. The number of allylic oxidation sites excluding steroid dienone is 1. The zero-order chi connectivity index (χ0) is 24.0. The molecule has 0 unspecified atom stereocenters. The number of hydrogen-bond donors (Lipinski definition) is 0. The van der Waals surface area contributed by atoms with Gasteiger partial charge >= 0.3 is 5.97 Å². The molecule has 0 spiro atoms. The van der Waals surface area contributed by atoms with Gasteiger partial charge in [-0.05, 0) is 91.3 Å². The Bertz CT molecular complexity index is 746. The van der Waals surface area contributed by atoms with E-state index in [9.17, 15) is 4.79 Å². The lowest BCUT2D eigenvalue weighted by Crippen LogP contribution is -2.51. The molecule has 0 aliphatic heterocycles. The van der Waals surface area contributed by atoms with E-state index in [0.717, 1.165) is 54.8 Å². The lowest BCUT2D eigenvalue weighted by atomic mass is 9.47. The maximum atomic E-state index is 11.9. The number of carbonyl (C=O) groups is 1. The summed E-state index contributed by atoms with van der Waals surface area (Å²) in [6.07, 6.45) is 16.4. The third-order valence-corrected chi connectivity index (χ3v) is 11.1. The Morgan fingerprint density at radius 1 is 1.06 bits per heavy atom. The number of carbonyl (C=O) groups excluding carboxylic acids is 1. The Morgan fingerprint density at radius 2 is 1.82 bits per heavy atom. The topological polar surface area (TPSA) is 26.3 Å². The van der Waals surface area contributed by atoms with E-state index in [1.165, 1.54) is 56.9 Å². The largest absolute Gasteiger partial charge is 0.460 e. The van der Waals surface area contributed by atoms with Crippen molar-refractivity contribution in [1.82, 2.24) is 0 Å². The van der Waals surface area contributed by atoms with E-state index in [1.807, 2.05) is 0 Å². The van der Waals surface area contributed by atoms with Crippen molar-refractivity contribution >= 4 is 29.2 Å². The van der Waals surface area contributed by atoms with Crippen LogP contribution in [0.5, 0.6) is 0 Å². The summed E-state index contributed by atoms with van der Waals surface area (Å²) in [7, 11) is 0. The normalized spacial score (nSPS) is 41.2. The average Bonchev–Trinajstić information content (AvgIpc) is 3.11.